The first-order valence-electron chi connectivity index (χ1n) is 13.7. The summed E-state index contributed by atoms with van der Waals surface area (Å²) >= 11 is 6.14. The maximum atomic E-state index is 14.1. The first kappa shape index (κ1) is 28.3. The predicted molar refractivity (Wildman–Crippen MR) is 158 cm³/mol. The highest BCUT2D eigenvalue weighted by Crippen LogP contribution is 2.30. The molecule has 0 atom stereocenters. The monoisotopic (exact) mass is 564 g/mol. The molecule has 0 saturated carbocycles. The average molecular weight is 565 g/mol. The van der Waals surface area contributed by atoms with Crippen LogP contribution in [0.3, 0.4) is 0 Å². The number of methoxy groups -OCH3 is 1. The molecule has 5 rings (SSSR count). The summed E-state index contributed by atoms with van der Waals surface area (Å²) in [5, 5.41) is 4.31. The van der Waals surface area contributed by atoms with Crippen molar-refractivity contribution in [3.05, 3.63) is 64.3 Å². The smallest absolute Gasteiger partial charge is 0.255 e. The molecule has 9 nitrogen and oxygen atoms in total. The zero-order chi connectivity index (χ0) is 28.2. The van der Waals surface area contributed by atoms with Crippen LogP contribution in [0.5, 0.6) is 5.75 Å². The standard InChI is InChI=1S/C30H37ClN6O3/c1-34(2)12-13-35-14-16-37(17-15-35)30(39)29-22-6-4-5-7-24(22)32-25-10-11-36(19-23(25)29)20-28(38)33-26-18-21(31)8-9-27(26)40-3/h4-9,18H,10-17,19-20H2,1-3H3,(H,33,38). The second-order valence-electron chi connectivity index (χ2n) is 10.7. The Labute approximate surface area is 240 Å². The number of ether oxygens (including phenoxy) is 1. The van der Waals surface area contributed by atoms with E-state index in [2.05, 4.69) is 34.1 Å². The number of benzene rings is 2. The van der Waals surface area contributed by atoms with Crippen LogP contribution in [0.25, 0.3) is 10.9 Å². The van der Waals surface area contributed by atoms with Crippen LogP contribution in [0.2, 0.25) is 5.02 Å². The average Bonchev–Trinajstić information content (AvgIpc) is 2.95. The zero-order valence-corrected chi connectivity index (χ0v) is 24.2. The third-order valence-corrected chi connectivity index (χ3v) is 7.90. The normalized spacial score (nSPS) is 16.3. The number of anilines is 1. The van der Waals surface area contributed by atoms with Gasteiger partial charge in [-0.15, -0.1) is 0 Å². The van der Waals surface area contributed by atoms with Gasteiger partial charge < -0.3 is 19.9 Å². The number of hydrogen-bond donors (Lipinski definition) is 1. The molecule has 0 radical (unpaired) electrons. The third kappa shape index (κ3) is 6.39. The second kappa shape index (κ2) is 12.5. The third-order valence-electron chi connectivity index (χ3n) is 7.67. The van der Waals surface area contributed by atoms with Gasteiger partial charge in [-0.3, -0.25) is 24.4 Å². The van der Waals surface area contributed by atoms with Crippen molar-refractivity contribution in [3.8, 4) is 5.75 Å². The van der Waals surface area contributed by atoms with E-state index in [4.69, 9.17) is 21.3 Å². The summed E-state index contributed by atoms with van der Waals surface area (Å²) in [6.45, 7) is 6.48. The maximum Gasteiger partial charge on any atom is 0.255 e. The fourth-order valence-electron chi connectivity index (χ4n) is 5.47. The minimum atomic E-state index is -0.167. The minimum Gasteiger partial charge on any atom is -0.495 e. The summed E-state index contributed by atoms with van der Waals surface area (Å²) in [6.07, 6.45) is 0.673. The van der Waals surface area contributed by atoms with E-state index in [1.807, 2.05) is 29.2 Å². The van der Waals surface area contributed by atoms with Crippen molar-refractivity contribution in [3.63, 3.8) is 0 Å². The van der Waals surface area contributed by atoms with Gasteiger partial charge in [0, 0.05) is 80.4 Å². The number of halogens is 1. The Hall–Kier alpha value is -3.24. The number of likely N-dealkylation sites (N-methyl/N-ethyl adjacent to an activating group) is 1. The SMILES string of the molecule is COc1ccc(Cl)cc1NC(=O)CN1CCc2nc3ccccc3c(C(=O)N3CCN(CCN(C)C)CC3)c2C1. The first-order chi connectivity index (χ1) is 19.3. The van der Waals surface area contributed by atoms with Gasteiger partial charge in [0.05, 0.1) is 30.4 Å². The molecule has 2 aromatic carbocycles. The molecule has 0 bridgehead atoms. The molecular weight excluding hydrogens is 528 g/mol. The molecule has 212 valence electrons. The number of carbonyl (C=O) groups is 2. The second-order valence-corrected chi connectivity index (χ2v) is 11.2. The number of aromatic nitrogens is 1. The molecule has 1 saturated heterocycles. The lowest BCUT2D eigenvalue weighted by Crippen LogP contribution is -2.50. The summed E-state index contributed by atoms with van der Waals surface area (Å²) in [5.41, 5.74) is 3.97. The quantitative estimate of drug-likeness (QED) is 0.450. The van der Waals surface area contributed by atoms with E-state index in [-0.39, 0.29) is 18.4 Å². The largest absolute Gasteiger partial charge is 0.495 e. The molecule has 2 aliphatic heterocycles. The summed E-state index contributed by atoms with van der Waals surface area (Å²) in [5.74, 6) is 0.434. The Bertz CT molecular complexity index is 1390. The fourth-order valence-corrected chi connectivity index (χ4v) is 5.64. The van der Waals surface area contributed by atoms with E-state index in [1.165, 1.54) is 0 Å². The van der Waals surface area contributed by atoms with Gasteiger partial charge in [0.25, 0.3) is 5.91 Å². The van der Waals surface area contributed by atoms with Gasteiger partial charge in [0.2, 0.25) is 5.91 Å². The Morgan fingerprint density at radius 3 is 2.58 bits per heavy atom. The molecule has 0 aliphatic carbocycles. The van der Waals surface area contributed by atoms with Crippen LogP contribution >= 0.6 is 11.6 Å². The van der Waals surface area contributed by atoms with Crippen molar-refractivity contribution in [2.75, 3.05) is 78.9 Å². The number of hydrogen-bond acceptors (Lipinski definition) is 7. The number of nitrogens with one attached hydrogen (secondary N) is 1. The number of piperazine rings is 1. The van der Waals surface area contributed by atoms with Gasteiger partial charge in [-0.2, -0.15) is 0 Å². The summed E-state index contributed by atoms with van der Waals surface area (Å²) in [6, 6.07) is 13.0. The molecule has 40 heavy (non-hydrogen) atoms. The summed E-state index contributed by atoms with van der Waals surface area (Å²) in [4.78, 5) is 40.7. The molecule has 1 aromatic heterocycles. The summed E-state index contributed by atoms with van der Waals surface area (Å²) < 4.78 is 5.37. The molecule has 2 aliphatic rings. The lowest BCUT2D eigenvalue weighted by atomic mass is 9.94. The van der Waals surface area contributed by atoms with E-state index in [9.17, 15) is 9.59 Å². The van der Waals surface area contributed by atoms with Crippen LogP contribution < -0.4 is 10.1 Å². The molecule has 3 aromatic rings. The van der Waals surface area contributed by atoms with E-state index in [0.29, 0.717) is 49.1 Å². The predicted octanol–water partition coefficient (Wildman–Crippen LogP) is 3.21. The Kier molecular flexibility index (Phi) is 8.85. The number of para-hydroxylation sites is 1. The number of rotatable bonds is 8. The van der Waals surface area contributed by atoms with Crippen LogP contribution in [-0.4, -0.2) is 110 Å². The fraction of sp³-hybridized carbons (Fsp3) is 0.433. The van der Waals surface area contributed by atoms with Crippen molar-refractivity contribution < 1.29 is 14.3 Å². The van der Waals surface area contributed by atoms with Gasteiger partial charge >= 0.3 is 0 Å². The lowest BCUT2D eigenvalue weighted by molar-refractivity contribution is -0.117. The van der Waals surface area contributed by atoms with E-state index < -0.39 is 0 Å². The van der Waals surface area contributed by atoms with Gasteiger partial charge in [-0.25, -0.2) is 0 Å². The summed E-state index contributed by atoms with van der Waals surface area (Å²) in [7, 11) is 5.72. The Morgan fingerprint density at radius 1 is 1.05 bits per heavy atom. The highest BCUT2D eigenvalue weighted by Gasteiger charge is 2.30. The topological polar surface area (TPSA) is 81.2 Å². The van der Waals surface area contributed by atoms with Crippen LogP contribution in [0.1, 0.15) is 21.6 Å². The van der Waals surface area contributed by atoms with E-state index in [0.717, 1.165) is 53.9 Å². The molecule has 2 amide bonds. The molecule has 1 N–H and O–H groups in total. The number of nitrogens with zero attached hydrogens (tertiary/aromatic N) is 5. The van der Waals surface area contributed by atoms with Crippen molar-refractivity contribution >= 4 is 40.0 Å². The molecule has 1 fully saturated rings. The van der Waals surface area contributed by atoms with Gasteiger partial charge in [0.15, 0.2) is 0 Å². The van der Waals surface area contributed by atoms with E-state index in [1.54, 1.807) is 25.3 Å². The number of carbonyl (C=O) groups excluding carboxylic acids is 2. The van der Waals surface area contributed by atoms with Crippen molar-refractivity contribution in [2.45, 2.75) is 13.0 Å². The van der Waals surface area contributed by atoms with Gasteiger partial charge in [0.1, 0.15) is 5.75 Å². The lowest BCUT2D eigenvalue weighted by Gasteiger charge is -2.36. The highest BCUT2D eigenvalue weighted by molar-refractivity contribution is 6.31. The maximum absolute atomic E-state index is 14.1. The van der Waals surface area contributed by atoms with Crippen LogP contribution in [0, 0.1) is 0 Å². The first-order valence-corrected chi connectivity index (χ1v) is 14.1. The molecule has 0 spiro atoms. The highest BCUT2D eigenvalue weighted by atomic mass is 35.5. The van der Waals surface area contributed by atoms with Crippen molar-refractivity contribution in [1.29, 1.82) is 0 Å². The van der Waals surface area contributed by atoms with Crippen molar-refractivity contribution in [1.82, 2.24) is 24.6 Å². The van der Waals surface area contributed by atoms with E-state index >= 15 is 0 Å². The molecular formula is C30H37ClN6O3. The van der Waals surface area contributed by atoms with Crippen LogP contribution in [-0.2, 0) is 17.8 Å². The number of pyridine rings is 1. The molecule has 0 unspecified atom stereocenters. The van der Waals surface area contributed by atoms with Crippen LogP contribution in [0.15, 0.2) is 42.5 Å². The van der Waals surface area contributed by atoms with Gasteiger partial charge in [-0.1, -0.05) is 29.8 Å². The molecule has 3 heterocycles. The number of fused-ring (bicyclic) bond motifs is 2. The van der Waals surface area contributed by atoms with Gasteiger partial charge in [-0.05, 0) is 38.4 Å². The van der Waals surface area contributed by atoms with Crippen molar-refractivity contribution in [2.24, 2.45) is 0 Å². The molecule has 10 heteroatoms. The number of amides is 2. The Morgan fingerprint density at radius 2 is 1.82 bits per heavy atom. The zero-order valence-electron chi connectivity index (χ0n) is 23.5. The Balaban J connectivity index is 1.34. The van der Waals surface area contributed by atoms with Crippen LogP contribution in [0.4, 0.5) is 5.69 Å². The minimum absolute atomic E-state index is 0.0528.